The Balaban J connectivity index is 0. The second kappa shape index (κ2) is 14.6. The largest absolute Gasteiger partial charge is 0.289 e. The van der Waals surface area contributed by atoms with E-state index in [-0.39, 0.29) is 0 Å². The lowest BCUT2D eigenvalue weighted by atomic mass is 10.0. The van der Waals surface area contributed by atoms with Gasteiger partial charge in [-0.15, -0.1) is 0 Å². The number of benzene rings is 1. The van der Waals surface area contributed by atoms with Gasteiger partial charge in [0, 0.05) is 7.05 Å². The standard InChI is InChI=1S/C16H18N2.3C2H6/c1-11-5-7-15(12(2)9-11)18-16-8-6-14(17-4)10-13(16)3;3*1-2/h5-10H,1-4H3;3*1-2H3. The Bertz CT molecular complexity index is 588. The summed E-state index contributed by atoms with van der Waals surface area (Å²) in [6.07, 6.45) is 6.08. The van der Waals surface area contributed by atoms with Crippen molar-refractivity contribution >= 4 is 17.1 Å². The van der Waals surface area contributed by atoms with Crippen LogP contribution in [-0.2, 0) is 0 Å². The van der Waals surface area contributed by atoms with Crippen molar-refractivity contribution in [2.75, 3.05) is 7.05 Å². The molecule has 0 heterocycles. The predicted octanol–water partition coefficient (Wildman–Crippen LogP) is 7.04. The normalized spacial score (nSPS) is 15.3. The number of hydrogen-bond donors (Lipinski definition) is 0. The van der Waals surface area contributed by atoms with Gasteiger partial charge in [-0.25, -0.2) is 4.99 Å². The Morgan fingerprint density at radius 3 is 1.83 bits per heavy atom. The van der Waals surface area contributed by atoms with Gasteiger partial charge in [0.15, 0.2) is 0 Å². The van der Waals surface area contributed by atoms with Crippen LogP contribution < -0.4 is 0 Å². The quantitative estimate of drug-likeness (QED) is 0.494. The number of aliphatic imine (C=N–C) groups is 2. The van der Waals surface area contributed by atoms with Gasteiger partial charge in [-0.1, -0.05) is 59.2 Å². The molecule has 2 rings (SSSR count). The highest BCUT2D eigenvalue weighted by Crippen LogP contribution is 2.21. The summed E-state index contributed by atoms with van der Waals surface area (Å²) < 4.78 is 0. The van der Waals surface area contributed by atoms with Crippen molar-refractivity contribution in [2.45, 2.75) is 62.3 Å². The zero-order valence-electron chi connectivity index (χ0n) is 17.4. The summed E-state index contributed by atoms with van der Waals surface area (Å²) in [5, 5.41) is 0. The fourth-order valence-corrected chi connectivity index (χ4v) is 1.96. The molecule has 0 amide bonds. The van der Waals surface area contributed by atoms with Crippen LogP contribution in [0.3, 0.4) is 0 Å². The summed E-state index contributed by atoms with van der Waals surface area (Å²) >= 11 is 0. The van der Waals surface area contributed by atoms with E-state index in [1.54, 1.807) is 7.05 Å². The highest BCUT2D eigenvalue weighted by molar-refractivity contribution is 6.21. The fraction of sp³-hybridized carbons (Fsp3) is 0.455. The SMILES string of the molecule is CC.CC.CC.CN=C1C=CC(=Nc2ccc(C)cc2C)C(C)=C1. The molecule has 0 aromatic heterocycles. The second-order valence-electron chi connectivity index (χ2n) is 4.60. The molecule has 0 saturated carbocycles. The lowest BCUT2D eigenvalue weighted by Gasteiger charge is -2.09. The first kappa shape index (κ1) is 24.3. The van der Waals surface area contributed by atoms with Crippen molar-refractivity contribution in [1.29, 1.82) is 0 Å². The van der Waals surface area contributed by atoms with Crippen LogP contribution in [0.2, 0.25) is 0 Å². The van der Waals surface area contributed by atoms with Crippen LogP contribution in [0, 0.1) is 13.8 Å². The van der Waals surface area contributed by atoms with E-state index in [1.165, 1.54) is 11.1 Å². The monoisotopic (exact) mass is 328 g/mol. The molecule has 0 atom stereocenters. The van der Waals surface area contributed by atoms with Crippen molar-refractivity contribution in [2.24, 2.45) is 9.98 Å². The van der Waals surface area contributed by atoms with Gasteiger partial charge in [0.25, 0.3) is 0 Å². The zero-order valence-corrected chi connectivity index (χ0v) is 17.4. The molecule has 1 aromatic carbocycles. The summed E-state index contributed by atoms with van der Waals surface area (Å²) in [5.74, 6) is 0. The number of allylic oxidation sites excluding steroid dienone is 4. The van der Waals surface area contributed by atoms with E-state index in [4.69, 9.17) is 4.99 Å². The number of aryl methyl sites for hydroxylation is 2. The first-order valence-electron chi connectivity index (χ1n) is 9.09. The van der Waals surface area contributed by atoms with Crippen LogP contribution in [0.4, 0.5) is 5.69 Å². The average molecular weight is 329 g/mol. The van der Waals surface area contributed by atoms with Gasteiger partial charge in [0.05, 0.1) is 17.1 Å². The van der Waals surface area contributed by atoms with E-state index in [2.05, 4.69) is 50.0 Å². The van der Waals surface area contributed by atoms with Crippen molar-refractivity contribution in [3.05, 3.63) is 53.1 Å². The maximum absolute atomic E-state index is 4.72. The molecule has 0 fully saturated rings. The van der Waals surface area contributed by atoms with Crippen LogP contribution in [0.1, 0.15) is 59.6 Å². The summed E-state index contributed by atoms with van der Waals surface area (Å²) in [6, 6.07) is 6.32. The van der Waals surface area contributed by atoms with Crippen LogP contribution in [0.25, 0.3) is 0 Å². The van der Waals surface area contributed by atoms with E-state index in [0.717, 1.165) is 22.7 Å². The van der Waals surface area contributed by atoms with E-state index >= 15 is 0 Å². The smallest absolute Gasteiger partial charge is 0.0667 e. The highest BCUT2D eigenvalue weighted by atomic mass is 14.8. The number of rotatable bonds is 1. The molecule has 0 bridgehead atoms. The second-order valence-corrected chi connectivity index (χ2v) is 4.60. The Labute approximate surface area is 150 Å². The van der Waals surface area contributed by atoms with Gasteiger partial charge in [-0.05, 0) is 56.2 Å². The highest BCUT2D eigenvalue weighted by Gasteiger charge is 2.06. The molecule has 1 aliphatic carbocycles. The molecular formula is C22H36N2. The Kier molecular flexibility index (Phi) is 14.8. The van der Waals surface area contributed by atoms with E-state index in [1.807, 2.05) is 53.7 Å². The molecule has 24 heavy (non-hydrogen) atoms. The molecular weight excluding hydrogens is 292 g/mol. The van der Waals surface area contributed by atoms with Crippen LogP contribution in [-0.4, -0.2) is 18.5 Å². The van der Waals surface area contributed by atoms with E-state index < -0.39 is 0 Å². The third kappa shape index (κ3) is 8.05. The predicted molar refractivity (Wildman–Crippen MR) is 113 cm³/mol. The lowest BCUT2D eigenvalue weighted by molar-refractivity contribution is 1.34. The van der Waals surface area contributed by atoms with Gasteiger partial charge in [0.1, 0.15) is 0 Å². The third-order valence-electron chi connectivity index (χ3n) is 3.03. The molecule has 1 aromatic rings. The van der Waals surface area contributed by atoms with Crippen molar-refractivity contribution in [3.8, 4) is 0 Å². The Morgan fingerprint density at radius 1 is 0.792 bits per heavy atom. The summed E-state index contributed by atoms with van der Waals surface area (Å²) in [7, 11) is 1.80. The van der Waals surface area contributed by atoms with Crippen molar-refractivity contribution in [3.63, 3.8) is 0 Å². The molecule has 0 N–H and O–H groups in total. The Hall–Kier alpha value is -1.96. The zero-order chi connectivity index (χ0) is 19.1. The molecule has 0 saturated heterocycles. The fourth-order valence-electron chi connectivity index (χ4n) is 1.96. The third-order valence-corrected chi connectivity index (χ3v) is 3.03. The maximum atomic E-state index is 4.72. The number of hydrogen-bond acceptors (Lipinski definition) is 2. The first-order valence-corrected chi connectivity index (χ1v) is 9.09. The average Bonchev–Trinajstić information content (AvgIpc) is 2.64. The van der Waals surface area contributed by atoms with Crippen LogP contribution in [0.5, 0.6) is 0 Å². The molecule has 0 radical (unpaired) electrons. The van der Waals surface area contributed by atoms with E-state index in [9.17, 15) is 0 Å². The van der Waals surface area contributed by atoms with Gasteiger partial charge in [-0.2, -0.15) is 0 Å². The molecule has 2 heteroatoms. The minimum absolute atomic E-state index is 0.993. The van der Waals surface area contributed by atoms with E-state index in [0.29, 0.717) is 0 Å². The Morgan fingerprint density at radius 2 is 1.38 bits per heavy atom. The first-order chi connectivity index (χ1) is 11.6. The van der Waals surface area contributed by atoms with Crippen LogP contribution in [0.15, 0.2) is 52.0 Å². The molecule has 1 aliphatic rings. The summed E-state index contributed by atoms with van der Waals surface area (Å²) in [4.78, 5) is 8.88. The van der Waals surface area contributed by atoms with Gasteiger partial charge >= 0.3 is 0 Å². The number of nitrogens with zero attached hydrogens (tertiary/aromatic N) is 2. The molecule has 0 unspecified atom stereocenters. The molecule has 2 nitrogen and oxygen atoms in total. The van der Waals surface area contributed by atoms with Gasteiger partial charge in [0.2, 0.25) is 0 Å². The van der Waals surface area contributed by atoms with Crippen molar-refractivity contribution in [1.82, 2.24) is 0 Å². The van der Waals surface area contributed by atoms with Crippen LogP contribution >= 0.6 is 0 Å². The molecule has 0 aliphatic heterocycles. The molecule has 134 valence electrons. The topological polar surface area (TPSA) is 24.7 Å². The van der Waals surface area contributed by atoms with Gasteiger partial charge in [-0.3, -0.25) is 4.99 Å². The maximum Gasteiger partial charge on any atom is 0.0667 e. The summed E-state index contributed by atoms with van der Waals surface area (Å²) in [6.45, 7) is 18.3. The van der Waals surface area contributed by atoms with Gasteiger partial charge < -0.3 is 0 Å². The minimum Gasteiger partial charge on any atom is -0.289 e. The minimum atomic E-state index is 0.993. The van der Waals surface area contributed by atoms with Crippen molar-refractivity contribution < 1.29 is 0 Å². The summed E-state index contributed by atoms with van der Waals surface area (Å²) in [5.41, 5.74) is 6.66. The lowest BCUT2D eigenvalue weighted by Crippen LogP contribution is -2.05. The molecule has 0 spiro atoms.